The molecule has 1 N–H and O–H groups in total. The van der Waals surface area contributed by atoms with Crippen LogP contribution in [0.2, 0.25) is 0 Å². The zero-order chi connectivity index (χ0) is 13.8. The standard InChI is InChI=1S/C11H15N5O2S/c1-4-16-6-8(10(15-16)18-5-2)9(17)12-11-14-13-7(3)19-11/h6H,4-5H2,1-3H3,(H,12,14,17). The van der Waals surface area contributed by atoms with E-state index in [-0.39, 0.29) is 5.91 Å². The zero-order valence-electron chi connectivity index (χ0n) is 11.0. The summed E-state index contributed by atoms with van der Waals surface area (Å²) in [6.45, 7) is 6.75. The van der Waals surface area contributed by atoms with Crippen molar-refractivity contribution < 1.29 is 9.53 Å². The zero-order valence-corrected chi connectivity index (χ0v) is 11.8. The van der Waals surface area contributed by atoms with Gasteiger partial charge in [-0.3, -0.25) is 14.8 Å². The number of aryl methyl sites for hydroxylation is 2. The minimum Gasteiger partial charge on any atom is -0.476 e. The molecule has 0 aromatic carbocycles. The van der Waals surface area contributed by atoms with Crippen LogP contribution in [0.3, 0.4) is 0 Å². The van der Waals surface area contributed by atoms with E-state index in [4.69, 9.17) is 4.74 Å². The Kier molecular flexibility index (Phi) is 4.10. The third kappa shape index (κ3) is 3.08. The molecule has 1 amide bonds. The lowest BCUT2D eigenvalue weighted by Crippen LogP contribution is -2.12. The number of aromatic nitrogens is 4. The van der Waals surface area contributed by atoms with Crippen LogP contribution in [0.4, 0.5) is 5.13 Å². The Morgan fingerprint density at radius 2 is 2.26 bits per heavy atom. The predicted octanol–water partition coefficient (Wildman–Crippen LogP) is 1.71. The normalized spacial score (nSPS) is 10.5. The highest BCUT2D eigenvalue weighted by atomic mass is 32.1. The van der Waals surface area contributed by atoms with Crippen molar-refractivity contribution in [3.05, 3.63) is 16.8 Å². The summed E-state index contributed by atoms with van der Waals surface area (Å²) in [5, 5.41) is 15.8. The summed E-state index contributed by atoms with van der Waals surface area (Å²) in [6.07, 6.45) is 1.66. The van der Waals surface area contributed by atoms with E-state index in [1.54, 1.807) is 10.9 Å². The minimum atomic E-state index is -0.292. The maximum Gasteiger partial charge on any atom is 0.264 e. The van der Waals surface area contributed by atoms with Crippen LogP contribution in [0.25, 0.3) is 0 Å². The van der Waals surface area contributed by atoms with Crippen LogP contribution in [0, 0.1) is 6.92 Å². The highest BCUT2D eigenvalue weighted by molar-refractivity contribution is 7.15. The SMILES string of the molecule is CCOc1nn(CC)cc1C(=O)Nc1nnc(C)s1. The fourth-order valence-electron chi connectivity index (χ4n) is 1.48. The molecule has 0 atom stereocenters. The second-order valence-corrected chi connectivity index (χ2v) is 4.90. The fraction of sp³-hybridized carbons (Fsp3) is 0.455. The topological polar surface area (TPSA) is 81.9 Å². The molecule has 0 aliphatic rings. The van der Waals surface area contributed by atoms with E-state index in [0.717, 1.165) is 5.01 Å². The van der Waals surface area contributed by atoms with Gasteiger partial charge in [-0.25, -0.2) is 0 Å². The minimum absolute atomic E-state index is 0.292. The number of nitrogens with one attached hydrogen (secondary N) is 1. The number of amides is 1. The lowest BCUT2D eigenvalue weighted by molar-refractivity contribution is 0.102. The Hall–Kier alpha value is -1.96. The Labute approximate surface area is 114 Å². The summed E-state index contributed by atoms with van der Waals surface area (Å²) in [7, 11) is 0. The van der Waals surface area contributed by atoms with Gasteiger partial charge < -0.3 is 4.74 Å². The van der Waals surface area contributed by atoms with Crippen molar-refractivity contribution in [3.8, 4) is 5.88 Å². The van der Waals surface area contributed by atoms with Gasteiger partial charge in [0, 0.05) is 12.7 Å². The maximum atomic E-state index is 12.1. The first-order valence-electron chi connectivity index (χ1n) is 5.95. The molecule has 0 unspecified atom stereocenters. The van der Waals surface area contributed by atoms with Crippen molar-refractivity contribution in [2.24, 2.45) is 0 Å². The number of ether oxygens (including phenoxy) is 1. The molecule has 0 fully saturated rings. The van der Waals surface area contributed by atoms with Gasteiger partial charge in [-0.15, -0.1) is 15.3 Å². The van der Waals surface area contributed by atoms with E-state index in [9.17, 15) is 4.79 Å². The van der Waals surface area contributed by atoms with Gasteiger partial charge in [-0.2, -0.15) is 0 Å². The van der Waals surface area contributed by atoms with Crippen molar-refractivity contribution in [1.82, 2.24) is 20.0 Å². The number of rotatable bonds is 5. The van der Waals surface area contributed by atoms with Gasteiger partial charge in [-0.05, 0) is 20.8 Å². The molecule has 0 saturated carbocycles. The summed E-state index contributed by atoms with van der Waals surface area (Å²) < 4.78 is 7.02. The van der Waals surface area contributed by atoms with Crippen molar-refractivity contribution in [2.45, 2.75) is 27.3 Å². The number of hydrogen-bond acceptors (Lipinski definition) is 6. The lowest BCUT2D eigenvalue weighted by Gasteiger charge is -2.01. The van der Waals surface area contributed by atoms with Crippen LogP contribution >= 0.6 is 11.3 Å². The maximum absolute atomic E-state index is 12.1. The van der Waals surface area contributed by atoms with E-state index < -0.39 is 0 Å². The van der Waals surface area contributed by atoms with Crippen LogP contribution in [0.15, 0.2) is 6.20 Å². The molecule has 0 radical (unpaired) electrons. The molecular weight excluding hydrogens is 266 g/mol. The smallest absolute Gasteiger partial charge is 0.264 e. The van der Waals surface area contributed by atoms with Gasteiger partial charge in [0.05, 0.1) is 6.61 Å². The molecule has 7 nitrogen and oxygen atoms in total. The molecule has 0 saturated heterocycles. The average molecular weight is 281 g/mol. The third-order valence-corrected chi connectivity index (χ3v) is 3.08. The number of nitrogens with zero attached hydrogens (tertiary/aromatic N) is 4. The largest absolute Gasteiger partial charge is 0.476 e. The molecule has 2 rings (SSSR count). The molecule has 2 aromatic heterocycles. The van der Waals surface area contributed by atoms with Crippen LogP contribution in [0.1, 0.15) is 29.2 Å². The molecule has 2 heterocycles. The second-order valence-electron chi connectivity index (χ2n) is 3.72. The molecule has 0 bridgehead atoms. The molecule has 0 aliphatic heterocycles. The van der Waals surface area contributed by atoms with E-state index in [1.165, 1.54) is 11.3 Å². The summed E-state index contributed by atoms with van der Waals surface area (Å²) in [5.74, 6) is 0.0439. The van der Waals surface area contributed by atoms with Gasteiger partial charge in [0.2, 0.25) is 11.0 Å². The quantitative estimate of drug-likeness (QED) is 0.902. The number of anilines is 1. The van der Waals surface area contributed by atoms with Gasteiger partial charge >= 0.3 is 0 Å². The van der Waals surface area contributed by atoms with E-state index >= 15 is 0 Å². The van der Waals surface area contributed by atoms with Gasteiger partial charge in [0.1, 0.15) is 10.6 Å². The van der Waals surface area contributed by atoms with Gasteiger partial charge in [-0.1, -0.05) is 11.3 Å². The molecule has 0 aliphatic carbocycles. The van der Waals surface area contributed by atoms with Gasteiger partial charge in [0.15, 0.2) is 0 Å². The molecule has 8 heteroatoms. The monoisotopic (exact) mass is 281 g/mol. The molecular formula is C11H15N5O2S. The second kappa shape index (κ2) is 5.79. The van der Waals surface area contributed by atoms with Crippen LogP contribution < -0.4 is 10.1 Å². The Morgan fingerprint density at radius 1 is 1.47 bits per heavy atom. The lowest BCUT2D eigenvalue weighted by atomic mass is 10.3. The highest BCUT2D eigenvalue weighted by Gasteiger charge is 2.18. The van der Waals surface area contributed by atoms with Crippen LogP contribution in [-0.4, -0.2) is 32.5 Å². The Morgan fingerprint density at radius 3 is 2.84 bits per heavy atom. The molecule has 0 spiro atoms. The van der Waals surface area contributed by atoms with Crippen LogP contribution in [-0.2, 0) is 6.54 Å². The first kappa shape index (κ1) is 13.5. The number of carbonyl (C=O) groups is 1. The third-order valence-electron chi connectivity index (χ3n) is 2.32. The van der Waals surface area contributed by atoms with Crippen molar-refractivity contribution in [1.29, 1.82) is 0 Å². The average Bonchev–Trinajstić information content (AvgIpc) is 2.96. The Balaban J connectivity index is 2.19. The first-order chi connectivity index (χ1) is 9.13. The van der Waals surface area contributed by atoms with E-state index in [1.807, 2.05) is 20.8 Å². The molecule has 19 heavy (non-hydrogen) atoms. The summed E-state index contributed by atoms with van der Waals surface area (Å²) >= 11 is 1.32. The van der Waals surface area contributed by atoms with E-state index in [2.05, 4.69) is 20.6 Å². The molecule has 2 aromatic rings. The summed E-state index contributed by atoms with van der Waals surface area (Å²) in [4.78, 5) is 12.1. The van der Waals surface area contributed by atoms with Crippen molar-refractivity contribution in [2.75, 3.05) is 11.9 Å². The van der Waals surface area contributed by atoms with Crippen molar-refractivity contribution in [3.63, 3.8) is 0 Å². The van der Waals surface area contributed by atoms with Crippen LogP contribution in [0.5, 0.6) is 5.88 Å². The fourth-order valence-corrected chi connectivity index (χ4v) is 2.06. The van der Waals surface area contributed by atoms with Gasteiger partial charge in [0.25, 0.3) is 5.91 Å². The summed E-state index contributed by atoms with van der Waals surface area (Å²) in [5.41, 5.74) is 0.400. The first-order valence-corrected chi connectivity index (χ1v) is 6.77. The molecule has 102 valence electrons. The van der Waals surface area contributed by atoms with Crippen molar-refractivity contribution >= 4 is 22.4 Å². The number of hydrogen-bond donors (Lipinski definition) is 1. The predicted molar refractivity (Wildman–Crippen MR) is 71.7 cm³/mol. The number of carbonyl (C=O) groups excluding carboxylic acids is 1. The Bertz CT molecular complexity index is 577. The highest BCUT2D eigenvalue weighted by Crippen LogP contribution is 2.20. The summed E-state index contributed by atoms with van der Waals surface area (Å²) in [6, 6.07) is 0. The van der Waals surface area contributed by atoms with E-state index in [0.29, 0.717) is 29.7 Å².